The van der Waals surface area contributed by atoms with Crippen LogP contribution in [0.1, 0.15) is 24.3 Å². The molecule has 0 aliphatic carbocycles. The molecule has 0 saturated carbocycles. The van der Waals surface area contributed by atoms with Crippen LogP contribution in [-0.4, -0.2) is 41.5 Å². The van der Waals surface area contributed by atoms with Gasteiger partial charge in [-0.3, -0.25) is 4.79 Å². The molecule has 1 aromatic carbocycles. The van der Waals surface area contributed by atoms with E-state index in [4.69, 9.17) is 18.0 Å². The van der Waals surface area contributed by atoms with E-state index in [1.807, 2.05) is 30.3 Å². The molecule has 3 aliphatic heterocycles. The van der Waals surface area contributed by atoms with Gasteiger partial charge in [0.15, 0.2) is 0 Å². The van der Waals surface area contributed by atoms with Crippen LogP contribution >= 0.6 is 12.2 Å². The summed E-state index contributed by atoms with van der Waals surface area (Å²) in [5, 5.41) is 3.18. The van der Waals surface area contributed by atoms with Gasteiger partial charge in [-0.2, -0.15) is 0 Å². The van der Waals surface area contributed by atoms with Crippen LogP contribution in [0.25, 0.3) is 0 Å². The van der Waals surface area contributed by atoms with Gasteiger partial charge >= 0.3 is 0 Å². The second-order valence-corrected chi connectivity index (χ2v) is 6.47. The van der Waals surface area contributed by atoms with Crippen LogP contribution in [0.2, 0.25) is 0 Å². The number of carbonyl (C=O) groups is 1. The first-order chi connectivity index (χ1) is 10.1. The molecule has 5 heteroatoms. The van der Waals surface area contributed by atoms with Crippen LogP contribution in [0, 0.1) is 5.92 Å². The molecule has 3 heterocycles. The van der Waals surface area contributed by atoms with Crippen LogP contribution in [-0.2, 0) is 4.79 Å². The second kappa shape index (κ2) is 6.12. The number of nitrogens with two attached hydrogens (primary N) is 1. The van der Waals surface area contributed by atoms with Crippen LogP contribution in [0.3, 0.4) is 0 Å². The van der Waals surface area contributed by atoms with E-state index in [1.165, 1.54) is 12.8 Å². The minimum absolute atomic E-state index is 0.0625. The number of hydrogen-bond acceptors (Lipinski definition) is 3. The number of amides is 1. The highest BCUT2D eigenvalue weighted by Gasteiger charge is 2.36. The molecular weight excluding hydrogens is 282 g/mol. The zero-order chi connectivity index (χ0) is 14.8. The normalized spacial score (nSPS) is 28.9. The average Bonchev–Trinajstić information content (AvgIpc) is 2.49. The summed E-state index contributed by atoms with van der Waals surface area (Å²) >= 11 is 5.12. The number of rotatable bonds is 4. The van der Waals surface area contributed by atoms with E-state index in [0.29, 0.717) is 5.92 Å². The molecule has 0 aromatic heterocycles. The first-order valence-corrected chi connectivity index (χ1v) is 7.93. The number of nitrogens with zero attached hydrogens (tertiary/aromatic N) is 1. The number of hydrogen-bond donors (Lipinski definition) is 2. The maximum absolute atomic E-state index is 12.6. The average molecular weight is 303 g/mol. The summed E-state index contributed by atoms with van der Waals surface area (Å²) in [7, 11) is 0. The lowest BCUT2D eigenvalue weighted by molar-refractivity contribution is -0.123. The standard InChI is InChI=1S/C16H21N3OS/c17-15(21)14(12-4-2-1-3-5-12)16(20)18-13-10-19-8-6-11(13)7-9-19/h1-5,11,13-14H,6-10H2,(H2,17,21)(H,18,20). The van der Waals surface area contributed by atoms with E-state index in [1.54, 1.807) is 0 Å². The molecule has 3 saturated heterocycles. The van der Waals surface area contributed by atoms with Crippen LogP contribution in [0.4, 0.5) is 0 Å². The van der Waals surface area contributed by atoms with Crippen molar-refractivity contribution in [2.24, 2.45) is 11.7 Å². The molecule has 112 valence electrons. The molecule has 4 nitrogen and oxygen atoms in total. The topological polar surface area (TPSA) is 58.4 Å². The van der Waals surface area contributed by atoms with Gasteiger partial charge < -0.3 is 16.0 Å². The molecule has 3 aliphatic rings. The summed E-state index contributed by atoms with van der Waals surface area (Å²) < 4.78 is 0. The fourth-order valence-electron chi connectivity index (χ4n) is 3.49. The summed E-state index contributed by atoms with van der Waals surface area (Å²) in [5.74, 6) is 0.00539. The SMILES string of the molecule is NC(=S)C(C(=O)NC1CN2CCC1CC2)c1ccccc1. The zero-order valence-electron chi connectivity index (χ0n) is 12.0. The molecule has 3 N–H and O–H groups in total. The molecule has 2 bridgehead atoms. The summed E-state index contributed by atoms with van der Waals surface area (Å²) in [5.41, 5.74) is 6.68. The predicted molar refractivity (Wildman–Crippen MR) is 87.1 cm³/mol. The quantitative estimate of drug-likeness (QED) is 0.823. The maximum atomic E-state index is 12.6. The Labute approximate surface area is 130 Å². The highest BCUT2D eigenvalue weighted by atomic mass is 32.1. The summed E-state index contributed by atoms with van der Waals surface area (Å²) in [6.07, 6.45) is 2.35. The van der Waals surface area contributed by atoms with Crippen molar-refractivity contribution in [3.63, 3.8) is 0 Å². The molecular formula is C16H21N3OS. The van der Waals surface area contributed by atoms with Crippen molar-refractivity contribution in [2.75, 3.05) is 19.6 Å². The lowest BCUT2D eigenvalue weighted by Gasteiger charge is -2.45. The van der Waals surface area contributed by atoms with Gasteiger partial charge in [0.1, 0.15) is 5.92 Å². The largest absolute Gasteiger partial charge is 0.392 e. The number of piperidine rings is 3. The van der Waals surface area contributed by atoms with Gasteiger partial charge in [-0.05, 0) is 37.4 Å². The number of thiocarbonyl (C=S) groups is 1. The van der Waals surface area contributed by atoms with E-state index >= 15 is 0 Å². The van der Waals surface area contributed by atoms with Crippen LogP contribution < -0.4 is 11.1 Å². The molecule has 0 spiro atoms. The monoisotopic (exact) mass is 303 g/mol. The van der Waals surface area contributed by atoms with Crippen molar-refractivity contribution in [1.29, 1.82) is 0 Å². The molecule has 1 aromatic rings. The van der Waals surface area contributed by atoms with Gasteiger partial charge in [-0.15, -0.1) is 0 Å². The van der Waals surface area contributed by atoms with E-state index < -0.39 is 5.92 Å². The molecule has 4 rings (SSSR count). The Kier molecular flexibility index (Phi) is 4.22. The minimum atomic E-state index is -0.531. The highest BCUT2D eigenvalue weighted by molar-refractivity contribution is 7.80. The van der Waals surface area contributed by atoms with Gasteiger partial charge in [-0.1, -0.05) is 42.5 Å². The first kappa shape index (κ1) is 14.5. The number of benzene rings is 1. The number of fused-ring (bicyclic) bond motifs is 3. The molecule has 2 atom stereocenters. The Balaban J connectivity index is 1.72. The van der Waals surface area contributed by atoms with E-state index in [9.17, 15) is 4.79 Å². The van der Waals surface area contributed by atoms with Gasteiger partial charge in [0.2, 0.25) is 5.91 Å². The Bertz CT molecular complexity index is 526. The predicted octanol–water partition coefficient (Wildman–Crippen LogP) is 1.27. The molecule has 3 fully saturated rings. The van der Waals surface area contributed by atoms with E-state index in [0.717, 1.165) is 25.2 Å². The Morgan fingerprint density at radius 2 is 1.95 bits per heavy atom. The maximum Gasteiger partial charge on any atom is 0.234 e. The fraction of sp³-hybridized carbons (Fsp3) is 0.500. The van der Waals surface area contributed by atoms with Crippen molar-refractivity contribution in [1.82, 2.24) is 10.2 Å². The third kappa shape index (κ3) is 3.09. The molecule has 21 heavy (non-hydrogen) atoms. The van der Waals surface area contributed by atoms with Gasteiger partial charge in [0.05, 0.1) is 4.99 Å². The van der Waals surface area contributed by atoms with Gasteiger partial charge in [0, 0.05) is 12.6 Å². The van der Waals surface area contributed by atoms with Crippen LogP contribution in [0.5, 0.6) is 0 Å². The third-order valence-electron chi connectivity index (χ3n) is 4.66. The minimum Gasteiger partial charge on any atom is -0.392 e. The van der Waals surface area contributed by atoms with Crippen molar-refractivity contribution >= 4 is 23.1 Å². The van der Waals surface area contributed by atoms with Crippen molar-refractivity contribution in [2.45, 2.75) is 24.8 Å². The van der Waals surface area contributed by atoms with Gasteiger partial charge in [0.25, 0.3) is 0 Å². The van der Waals surface area contributed by atoms with Crippen molar-refractivity contribution < 1.29 is 4.79 Å². The Morgan fingerprint density at radius 3 is 2.48 bits per heavy atom. The van der Waals surface area contributed by atoms with E-state index in [-0.39, 0.29) is 16.9 Å². The zero-order valence-corrected chi connectivity index (χ0v) is 12.8. The fourth-order valence-corrected chi connectivity index (χ4v) is 3.73. The van der Waals surface area contributed by atoms with Crippen LogP contribution in [0.15, 0.2) is 30.3 Å². The Hall–Kier alpha value is -1.46. The van der Waals surface area contributed by atoms with Crippen molar-refractivity contribution in [3.8, 4) is 0 Å². The lowest BCUT2D eigenvalue weighted by atomic mass is 9.83. The smallest absolute Gasteiger partial charge is 0.234 e. The lowest BCUT2D eigenvalue weighted by Crippen LogP contribution is -2.58. The third-order valence-corrected chi connectivity index (χ3v) is 4.90. The summed E-state index contributed by atoms with van der Waals surface area (Å²) in [6.45, 7) is 3.28. The summed E-state index contributed by atoms with van der Waals surface area (Å²) in [6, 6.07) is 9.77. The Morgan fingerprint density at radius 1 is 1.29 bits per heavy atom. The highest BCUT2D eigenvalue weighted by Crippen LogP contribution is 2.28. The summed E-state index contributed by atoms with van der Waals surface area (Å²) in [4.78, 5) is 15.3. The molecule has 1 amide bonds. The van der Waals surface area contributed by atoms with Crippen molar-refractivity contribution in [3.05, 3.63) is 35.9 Å². The molecule has 2 unspecified atom stereocenters. The first-order valence-electron chi connectivity index (χ1n) is 7.52. The van der Waals surface area contributed by atoms with Gasteiger partial charge in [-0.25, -0.2) is 0 Å². The number of nitrogens with one attached hydrogen (secondary N) is 1. The molecule has 0 radical (unpaired) electrons. The number of carbonyl (C=O) groups excluding carboxylic acids is 1. The second-order valence-electron chi connectivity index (χ2n) is 6.00. The van der Waals surface area contributed by atoms with E-state index in [2.05, 4.69) is 10.2 Å².